The number of hydrogen-bond acceptors (Lipinski definition) is 3. The van der Waals surface area contributed by atoms with Gasteiger partial charge in [-0.15, -0.1) is 0 Å². The Bertz CT molecular complexity index is 586. The van der Waals surface area contributed by atoms with E-state index in [9.17, 15) is 4.79 Å². The molecule has 0 aromatic rings. The van der Waals surface area contributed by atoms with Crippen LogP contribution >= 0.6 is 0 Å². The van der Waals surface area contributed by atoms with E-state index in [1.807, 2.05) is 0 Å². The highest BCUT2D eigenvalue weighted by molar-refractivity contribution is 5.77. The fourth-order valence-corrected chi connectivity index (χ4v) is 7.19. The first kappa shape index (κ1) is 16.6. The van der Waals surface area contributed by atoms with Crippen molar-refractivity contribution in [2.75, 3.05) is 26.7 Å². The minimum atomic E-state index is -0.304. The summed E-state index contributed by atoms with van der Waals surface area (Å²) < 4.78 is 13.7. The van der Waals surface area contributed by atoms with Crippen LogP contribution in [0.1, 0.15) is 58.8 Å². The van der Waals surface area contributed by atoms with E-state index < -0.39 is 0 Å². The van der Waals surface area contributed by atoms with Crippen LogP contribution in [0.2, 0.25) is 0 Å². The Labute approximate surface area is 151 Å². The van der Waals surface area contributed by atoms with Gasteiger partial charge in [-0.25, -0.2) is 0 Å². The topological polar surface area (TPSA) is 38.8 Å². The van der Waals surface area contributed by atoms with Gasteiger partial charge >= 0.3 is 5.97 Å². The van der Waals surface area contributed by atoms with Crippen LogP contribution in [0.4, 0.5) is 0 Å². The van der Waals surface area contributed by atoms with E-state index in [1.165, 1.54) is 38.8 Å². The van der Waals surface area contributed by atoms with Gasteiger partial charge in [0.2, 0.25) is 0 Å². The minimum Gasteiger partial charge on any atom is -0.455 e. The maximum Gasteiger partial charge on any atom is 0.315 e. The lowest BCUT2D eigenvalue weighted by molar-refractivity contribution is -0.916. The summed E-state index contributed by atoms with van der Waals surface area (Å²) in [7, 11) is 2.36. The smallest absolute Gasteiger partial charge is 0.315 e. The fraction of sp³-hybridized carbons (Fsp3) is 0.952. The molecule has 5 rings (SSSR count). The molecule has 7 atom stereocenters. The third kappa shape index (κ3) is 2.22. The number of rotatable bonds is 2. The third-order valence-corrected chi connectivity index (χ3v) is 8.62. The van der Waals surface area contributed by atoms with Crippen LogP contribution in [-0.4, -0.2) is 54.4 Å². The number of ether oxygens (including phenoxy) is 2. The van der Waals surface area contributed by atoms with Crippen molar-refractivity contribution in [2.24, 2.45) is 23.7 Å². The molecular weight excluding hydrogens is 314 g/mol. The third-order valence-electron chi connectivity index (χ3n) is 8.62. The van der Waals surface area contributed by atoms with Gasteiger partial charge in [-0.05, 0) is 57.8 Å². The predicted molar refractivity (Wildman–Crippen MR) is 94.8 cm³/mol. The van der Waals surface area contributed by atoms with E-state index >= 15 is 0 Å². The molecule has 0 amide bonds. The lowest BCUT2D eigenvalue weighted by Crippen LogP contribution is -2.59. The molecule has 0 radical (unpaired) electrons. The van der Waals surface area contributed by atoms with Gasteiger partial charge in [0.05, 0.1) is 32.3 Å². The van der Waals surface area contributed by atoms with E-state index in [0.717, 1.165) is 30.3 Å². The molecule has 2 aliphatic carbocycles. The lowest BCUT2D eigenvalue weighted by atomic mass is 9.55. The molecule has 4 heteroatoms. The van der Waals surface area contributed by atoms with Gasteiger partial charge in [0, 0.05) is 11.8 Å². The van der Waals surface area contributed by atoms with Gasteiger partial charge in [0.1, 0.15) is 17.6 Å². The minimum absolute atomic E-state index is 0.0232. The molecule has 0 N–H and O–H groups in total. The highest BCUT2D eigenvalue weighted by Crippen LogP contribution is 2.66. The molecule has 2 saturated carbocycles. The van der Waals surface area contributed by atoms with Gasteiger partial charge < -0.3 is 14.0 Å². The summed E-state index contributed by atoms with van der Waals surface area (Å²) in [4.78, 5) is 13.1. The Morgan fingerprint density at radius 3 is 2.64 bits per heavy atom. The van der Waals surface area contributed by atoms with E-state index in [1.54, 1.807) is 0 Å². The van der Waals surface area contributed by atoms with Crippen LogP contribution in [0.3, 0.4) is 0 Å². The van der Waals surface area contributed by atoms with E-state index in [4.69, 9.17) is 9.47 Å². The van der Waals surface area contributed by atoms with E-state index in [0.29, 0.717) is 17.8 Å². The molecule has 5 fully saturated rings. The van der Waals surface area contributed by atoms with Crippen LogP contribution in [0, 0.1) is 23.7 Å². The number of epoxide rings is 1. The number of esters is 1. The van der Waals surface area contributed by atoms with Gasteiger partial charge in [-0.2, -0.15) is 0 Å². The van der Waals surface area contributed by atoms with Crippen LogP contribution in [-0.2, 0) is 14.3 Å². The first-order chi connectivity index (χ1) is 11.9. The average Bonchev–Trinajstić information content (AvgIpc) is 3.20. The SMILES string of the molecule is C[C@@H]1CC[C@@H]2[C@@H](C[N+]3(C)CCCCC3)C(=O)O[C@]23[C@@H]1CC[C@@]1(C)O[C@@H]31. The number of likely N-dealkylation sites (tertiary alicyclic amines) is 1. The van der Waals surface area contributed by atoms with Gasteiger partial charge in [-0.1, -0.05) is 6.92 Å². The highest BCUT2D eigenvalue weighted by atomic mass is 16.7. The van der Waals surface area contributed by atoms with Crippen molar-refractivity contribution < 1.29 is 18.8 Å². The fourth-order valence-electron chi connectivity index (χ4n) is 7.19. The second kappa shape index (κ2) is 5.22. The molecule has 3 aliphatic heterocycles. The van der Waals surface area contributed by atoms with Crippen molar-refractivity contribution in [3.63, 3.8) is 0 Å². The second-order valence-electron chi connectivity index (χ2n) is 10.3. The monoisotopic (exact) mass is 348 g/mol. The quantitative estimate of drug-likeness (QED) is 0.437. The standard InChI is InChI=1S/C21H34NO3/c1-14-7-8-17-15(13-22(3)11-5-4-6-12-22)18(23)24-21(17)16(14)9-10-20(2)19(21)25-20/h14-17,19H,4-13H2,1-3H3/q+1/t14-,15-,16-,17-,19-,20-,21-/m1/s1. The number of carbonyl (C=O) groups excluding carboxylic acids is 1. The second-order valence-corrected chi connectivity index (χ2v) is 10.3. The molecular formula is C21H34NO3+. The molecule has 4 nitrogen and oxygen atoms in total. The van der Waals surface area contributed by atoms with Crippen molar-refractivity contribution in [1.29, 1.82) is 0 Å². The zero-order valence-corrected chi connectivity index (χ0v) is 16.1. The molecule has 0 unspecified atom stereocenters. The maximum absolute atomic E-state index is 13.1. The number of fused-ring (bicyclic) bond motifs is 1. The zero-order valence-electron chi connectivity index (χ0n) is 16.1. The number of nitrogens with zero attached hydrogens (tertiary/aromatic N) is 1. The van der Waals surface area contributed by atoms with Crippen molar-refractivity contribution in [3.05, 3.63) is 0 Å². The largest absolute Gasteiger partial charge is 0.455 e. The van der Waals surface area contributed by atoms with Gasteiger partial charge in [-0.3, -0.25) is 4.79 Å². The van der Waals surface area contributed by atoms with Crippen LogP contribution in [0.5, 0.6) is 0 Å². The molecule has 140 valence electrons. The highest BCUT2D eigenvalue weighted by Gasteiger charge is 2.77. The maximum atomic E-state index is 13.1. The van der Waals surface area contributed by atoms with E-state index in [-0.39, 0.29) is 29.2 Å². The number of hydrogen-bond donors (Lipinski definition) is 0. The van der Waals surface area contributed by atoms with Crippen molar-refractivity contribution in [3.8, 4) is 0 Å². The molecule has 0 bridgehead atoms. The van der Waals surface area contributed by atoms with Gasteiger partial charge in [0.15, 0.2) is 0 Å². The first-order valence-electron chi connectivity index (χ1n) is 10.6. The summed E-state index contributed by atoms with van der Waals surface area (Å²) in [5.74, 6) is 1.72. The lowest BCUT2D eigenvalue weighted by Gasteiger charge is -2.50. The molecule has 5 aliphatic rings. The molecule has 1 spiro atoms. The molecule has 0 aromatic heterocycles. The summed E-state index contributed by atoms with van der Waals surface area (Å²) in [6, 6.07) is 0. The summed E-state index contributed by atoms with van der Waals surface area (Å²) in [5.41, 5.74) is -0.327. The Kier molecular flexibility index (Phi) is 3.46. The summed E-state index contributed by atoms with van der Waals surface area (Å²) in [6.45, 7) is 8.03. The number of quaternary nitrogens is 1. The Morgan fingerprint density at radius 2 is 1.88 bits per heavy atom. The van der Waals surface area contributed by atoms with Crippen molar-refractivity contribution in [2.45, 2.75) is 76.1 Å². The Hall–Kier alpha value is -0.610. The molecule has 25 heavy (non-hydrogen) atoms. The molecule has 3 heterocycles. The Morgan fingerprint density at radius 1 is 1.12 bits per heavy atom. The normalized spacial score (nSPS) is 53.4. The van der Waals surface area contributed by atoms with Crippen LogP contribution < -0.4 is 0 Å². The number of piperidine rings is 1. The molecule has 0 aromatic carbocycles. The average molecular weight is 349 g/mol. The first-order valence-corrected chi connectivity index (χ1v) is 10.6. The van der Waals surface area contributed by atoms with E-state index in [2.05, 4.69) is 20.9 Å². The zero-order chi connectivity index (χ0) is 17.4. The summed E-state index contributed by atoms with van der Waals surface area (Å²) in [5, 5.41) is 0. The molecule has 3 saturated heterocycles. The Balaban J connectivity index is 1.47. The summed E-state index contributed by atoms with van der Waals surface area (Å²) >= 11 is 0. The van der Waals surface area contributed by atoms with Crippen molar-refractivity contribution in [1.82, 2.24) is 0 Å². The number of carbonyl (C=O) groups is 1. The van der Waals surface area contributed by atoms with Crippen LogP contribution in [0.25, 0.3) is 0 Å². The predicted octanol–water partition coefficient (Wildman–Crippen LogP) is 3.14. The van der Waals surface area contributed by atoms with Crippen LogP contribution in [0.15, 0.2) is 0 Å². The van der Waals surface area contributed by atoms with Crippen molar-refractivity contribution >= 4 is 5.97 Å². The summed E-state index contributed by atoms with van der Waals surface area (Å²) in [6.07, 6.45) is 8.81. The van der Waals surface area contributed by atoms with Gasteiger partial charge in [0.25, 0.3) is 0 Å².